The number of carbonyl (C=O) groups excluding carboxylic acids is 4. The second-order valence-corrected chi connectivity index (χ2v) is 20.5. The van der Waals surface area contributed by atoms with E-state index in [0.29, 0.717) is 11.1 Å². The highest BCUT2D eigenvalue weighted by atomic mass is 35.5. The summed E-state index contributed by atoms with van der Waals surface area (Å²) in [6.45, 7) is 9.13. The van der Waals surface area contributed by atoms with Crippen molar-refractivity contribution in [3.05, 3.63) is 77.0 Å². The smallest absolute Gasteiger partial charge is 0.306 e. The van der Waals surface area contributed by atoms with Crippen molar-refractivity contribution in [3.63, 3.8) is 0 Å². The lowest BCUT2D eigenvalue weighted by Crippen LogP contribution is -2.48. The predicted molar refractivity (Wildman–Crippen MR) is 222 cm³/mol. The fraction of sp³-hybridized carbons (Fsp3) is 0.523. The van der Waals surface area contributed by atoms with Crippen LogP contribution in [0.4, 0.5) is 8.78 Å². The molecule has 0 spiro atoms. The Labute approximate surface area is 354 Å². The van der Waals surface area contributed by atoms with E-state index in [1.54, 1.807) is 26.2 Å². The largest absolute Gasteiger partial charge is 0.495 e. The van der Waals surface area contributed by atoms with Crippen molar-refractivity contribution in [3.8, 4) is 11.5 Å². The number of ketones is 1. The average molecular weight is 872 g/mol. The van der Waals surface area contributed by atoms with Crippen LogP contribution in [0.2, 0.25) is 5.02 Å². The van der Waals surface area contributed by atoms with Gasteiger partial charge in [0.1, 0.15) is 46.1 Å². The zero-order valence-electron chi connectivity index (χ0n) is 34.8. The maximum atomic E-state index is 14.9. The minimum absolute atomic E-state index is 0.0147. The number of aromatic nitrogens is 1. The third-order valence-electron chi connectivity index (χ3n) is 12.2. The zero-order valence-corrected chi connectivity index (χ0v) is 36.5. The summed E-state index contributed by atoms with van der Waals surface area (Å²) in [6, 6.07) is 6.72. The van der Waals surface area contributed by atoms with Gasteiger partial charge in [-0.25, -0.2) is 13.8 Å². The minimum atomic E-state index is -4.52. The Bertz CT molecular complexity index is 2220. The van der Waals surface area contributed by atoms with Crippen molar-refractivity contribution in [2.24, 2.45) is 17.3 Å². The van der Waals surface area contributed by atoms with E-state index < -0.39 is 95.3 Å². The van der Waals surface area contributed by atoms with Crippen LogP contribution in [0.1, 0.15) is 88.2 Å². The first-order chi connectivity index (χ1) is 28.2. The third kappa shape index (κ3) is 9.11. The summed E-state index contributed by atoms with van der Waals surface area (Å²) in [4.78, 5) is 75.0. The van der Waals surface area contributed by atoms with Crippen molar-refractivity contribution in [1.82, 2.24) is 14.8 Å². The SMILES string of the molecule is C=C[C@@H]1C[C@]1(CC(=O)[C@@H]1C[C@@H](Oc2cc(C(=O)N(C)C)nc3c(Cl)c(OC)ccc23)CN1C(=O)[C@@H](CC(=O)OC1CCCC1)C(C)(C)C)P(=O)(O)Cc1c(F)cccc1F. The Morgan fingerprint density at radius 3 is 2.35 bits per heavy atom. The monoisotopic (exact) mass is 871 g/mol. The predicted octanol–water partition coefficient (Wildman–Crippen LogP) is 8.14. The summed E-state index contributed by atoms with van der Waals surface area (Å²) in [5, 5.41) is -1.02. The Balaban J connectivity index is 1.36. The third-order valence-corrected chi connectivity index (χ3v) is 15.4. The number of likely N-dealkylation sites (tertiary alicyclic amines) is 1. The van der Waals surface area contributed by atoms with Crippen LogP contribution in [0.25, 0.3) is 10.9 Å². The molecule has 1 aliphatic heterocycles. The molecule has 60 heavy (non-hydrogen) atoms. The molecule has 3 aliphatic rings. The van der Waals surface area contributed by atoms with Gasteiger partial charge in [0, 0.05) is 44.0 Å². The van der Waals surface area contributed by atoms with Crippen LogP contribution in [0.15, 0.2) is 49.1 Å². The molecule has 1 unspecified atom stereocenters. The quantitative estimate of drug-likeness (QED) is 0.0900. The standard InChI is InChI=1S/C44H53ClF2N3O9P/c1-8-25-21-44(25,60(55,56)24-29-31(46)14-11-15-32(29)47)22-35(51)34-18-27(23-50(34)41(53)30(43(2,3)4)19-38(52)59-26-12-9-10-13-26)58-37-20-33(42(54)49(5)6)48-40-28(37)16-17-36(57-7)39(40)45/h8,11,14-17,20,25-27,30,34H,1,9-10,12-13,18-19,21-24H2,2-7H3,(H,55,56)/t25-,27-,30-,34+,44-/m1/s1. The van der Waals surface area contributed by atoms with Gasteiger partial charge < -0.3 is 28.9 Å². The normalized spacial score (nSPS) is 23.2. The number of halogens is 3. The molecular weight excluding hydrogens is 819 g/mol. The number of methoxy groups -OCH3 is 1. The molecule has 2 saturated carbocycles. The molecule has 1 N–H and O–H groups in total. The van der Waals surface area contributed by atoms with Gasteiger partial charge in [-0.2, -0.15) is 0 Å². The van der Waals surface area contributed by atoms with Crippen LogP contribution in [0, 0.1) is 28.9 Å². The van der Waals surface area contributed by atoms with E-state index >= 15 is 0 Å². The number of ether oxygens (including phenoxy) is 3. The Kier molecular flexibility index (Phi) is 13.2. The lowest BCUT2D eigenvalue weighted by atomic mass is 9.77. The number of hydrogen-bond donors (Lipinski definition) is 1. The molecular formula is C44H53ClF2N3O9P. The number of allylic oxidation sites excluding steroid dienone is 1. The van der Waals surface area contributed by atoms with Crippen LogP contribution >= 0.6 is 19.0 Å². The van der Waals surface area contributed by atoms with E-state index in [1.807, 2.05) is 20.8 Å². The molecule has 1 aromatic heterocycles. The van der Waals surface area contributed by atoms with Gasteiger partial charge in [0.2, 0.25) is 13.3 Å². The lowest BCUT2D eigenvalue weighted by Gasteiger charge is -2.35. The van der Waals surface area contributed by atoms with Crippen molar-refractivity contribution in [2.45, 2.75) is 102 Å². The van der Waals surface area contributed by atoms with Gasteiger partial charge >= 0.3 is 5.97 Å². The highest BCUT2D eigenvalue weighted by molar-refractivity contribution is 7.59. The second kappa shape index (κ2) is 17.5. The molecule has 16 heteroatoms. The number of Topliss-reactive ketones (excluding diaryl/α,β-unsaturated/α-hetero) is 1. The number of amides is 2. The summed E-state index contributed by atoms with van der Waals surface area (Å²) < 4.78 is 61.6. The van der Waals surface area contributed by atoms with Gasteiger partial charge in [0.05, 0.1) is 48.9 Å². The van der Waals surface area contributed by atoms with Gasteiger partial charge in [0.25, 0.3) is 5.91 Å². The second-order valence-electron chi connectivity index (χ2n) is 17.5. The molecule has 6 atom stereocenters. The highest BCUT2D eigenvalue weighted by Gasteiger charge is 2.65. The zero-order chi connectivity index (χ0) is 43.9. The van der Waals surface area contributed by atoms with Crippen LogP contribution in [-0.4, -0.2) is 94.4 Å². The van der Waals surface area contributed by atoms with E-state index in [9.17, 15) is 37.4 Å². The van der Waals surface area contributed by atoms with Crippen molar-refractivity contribution in [2.75, 3.05) is 27.7 Å². The summed E-state index contributed by atoms with van der Waals surface area (Å²) in [6.07, 6.45) is 2.20. The van der Waals surface area contributed by atoms with E-state index in [2.05, 4.69) is 11.6 Å². The summed E-state index contributed by atoms with van der Waals surface area (Å²) >= 11 is 6.69. The van der Waals surface area contributed by atoms with Gasteiger partial charge in [-0.3, -0.25) is 23.7 Å². The fourth-order valence-corrected chi connectivity index (χ4v) is 11.5. The number of nitrogens with zero attached hydrogens (tertiary/aromatic N) is 3. The van der Waals surface area contributed by atoms with Crippen molar-refractivity contribution < 1.29 is 51.6 Å². The molecule has 2 aliphatic carbocycles. The van der Waals surface area contributed by atoms with Crippen LogP contribution in [0.3, 0.4) is 0 Å². The molecule has 324 valence electrons. The Morgan fingerprint density at radius 2 is 1.77 bits per heavy atom. The summed E-state index contributed by atoms with van der Waals surface area (Å²) in [5.74, 6) is -5.01. The molecule has 6 rings (SSSR count). The van der Waals surface area contributed by atoms with E-state index in [-0.39, 0.29) is 53.9 Å². The minimum Gasteiger partial charge on any atom is -0.495 e. The number of carbonyl (C=O) groups is 4. The van der Waals surface area contributed by atoms with Gasteiger partial charge in [-0.1, -0.05) is 44.5 Å². The van der Waals surface area contributed by atoms with E-state index in [4.69, 9.17) is 25.8 Å². The van der Waals surface area contributed by atoms with Gasteiger partial charge in [-0.05, 0) is 67.7 Å². The highest BCUT2D eigenvalue weighted by Crippen LogP contribution is 2.74. The maximum Gasteiger partial charge on any atom is 0.306 e. The molecule has 1 saturated heterocycles. The first-order valence-corrected chi connectivity index (χ1v) is 22.4. The maximum absolute atomic E-state index is 14.9. The number of esters is 1. The molecule has 2 heterocycles. The Morgan fingerprint density at radius 1 is 1.10 bits per heavy atom. The molecule has 3 fully saturated rings. The molecule has 2 amide bonds. The number of pyridine rings is 1. The molecule has 0 bridgehead atoms. The van der Waals surface area contributed by atoms with Crippen LogP contribution in [0.5, 0.6) is 11.5 Å². The molecule has 0 radical (unpaired) electrons. The van der Waals surface area contributed by atoms with E-state index in [0.717, 1.165) is 43.9 Å². The molecule has 12 nitrogen and oxygen atoms in total. The fourth-order valence-electron chi connectivity index (χ4n) is 8.61. The number of fused-ring (bicyclic) bond motifs is 1. The van der Waals surface area contributed by atoms with Crippen molar-refractivity contribution in [1.29, 1.82) is 0 Å². The average Bonchev–Trinajstić information content (AvgIpc) is 3.45. The summed E-state index contributed by atoms with van der Waals surface area (Å²) in [7, 11) is 0.0555. The van der Waals surface area contributed by atoms with E-state index in [1.165, 1.54) is 29.1 Å². The van der Waals surface area contributed by atoms with Crippen LogP contribution in [-0.2, 0) is 29.8 Å². The molecule has 3 aromatic rings. The first-order valence-electron chi connectivity index (χ1n) is 20.2. The van der Waals surface area contributed by atoms with Crippen LogP contribution < -0.4 is 9.47 Å². The van der Waals surface area contributed by atoms with Crippen molar-refractivity contribution >= 4 is 53.4 Å². The number of benzene rings is 2. The van der Waals surface area contributed by atoms with Gasteiger partial charge in [0.15, 0.2) is 5.78 Å². The molecule has 2 aromatic carbocycles. The number of rotatable bonds is 15. The first kappa shape index (κ1) is 45.1. The summed E-state index contributed by atoms with van der Waals surface area (Å²) in [5.41, 5.74) is -1.08. The number of hydrogen-bond acceptors (Lipinski definition) is 9. The van der Waals surface area contributed by atoms with Gasteiger partial charge in [-0.15, -0.1) is 6.58 Å². The lowest BCUT2D eigenvalue weighted by molar-refractivity contribution is -0.156. The topological polar surface area (TPSA) is 153 Å². The Hall–Kier alpha value is -4.39.